The molecule has 0 spiro atoms. The lowest BCUT2D eigenvalue weighted by Gasteiger charge is -2.23. The maximum absolute atomic E-state index is 13.4. The molecule has 0 aliphatic heterocycles. The van der Waals surface area contributed by atoms with Crippen LogP contribution < -0.4 is 4.31 Å². The summed E-state index contributed by atoms with van der Waals surface area (Å²) in [4.78, 5) is 9.89. The van der Waals surface area contributed by atoms with E-state index in [1.54, 1.807) is 0 Å². The van der Waals surface area contributed by atoms with Crippen LogP contribution in [0.4, 0.5) is 15.8 Å². The molecular formula is C15H13FN2O4S. The van der Waals surface area contributed by atoms with Crippen LogP contribution in [0.2, 0.25) is 0 Å². The van der Waals surface area contributed by atoms with Crippen LogP contribution in [0.25, 0.3) is 0 Å². The number of non-ortho nitro benzene ring substituents is 1. The number of nitrogens with zero attached hydrogens (tertiary/aromatic N) is 2. The number of nitro benzene ring substituents is 1. The molecule has 0 atom stereocenters. The quantitative estimate of drug-likeness (QED) is 0.461. The second-order valence-electron chi connectivity index (χ2n) is 4.56. The van der Waals surface area contributed by atoms with Gasteiger partial charge in [0.25, 0.3) is 15.7 Å². The van der Waals surface area contributed by atoms with Crippen LogP contribution in [-0.4, -0.2) is 19.9 Å². The van der Waals surface area contributed by atoms with Crippen molar-refractivity contribution in [3.63, 3.8) is 0 Å². The van der Waals surface area contributed by atoms with Crippen LogP contribution in [0.5, 0.6) is 0 Å². The maximum Gasteiger partial charge on any atom is 0.270 e. The molecule has 0 unspecified atom stereocenters. The second kappa shape index (κ2) is 6.57. The summed E-state index contributed by atoms with van der Waals surface area (Å²) in [5.74, 6) is -0.592. The third-order valence-electron chi connectivity index (χ3n) is 3.01. The molecule has 23 heavy (non-hydrogen) atoms. The van der Waals surface area contributed by atoms with Crippen LogP contribution in [0.15, 0.2) is 66.1 Å². The van der Waals surface area contributed by atoms with Crippen molar-refractivity contribution in [1.82, 2.24) is 0 Å². The Labute approximate surface area is 132 Å². The summed E-state index contributed by atoms with van der Waals surface area (Å²) < 4.78 is 39.8. The molecule has 0 heterocycles. The second-order valence-corrected chi connectivity index (χ2v) is 6.42. The molecule has 0 fully saturated rings. The summed E-state index contributed by atoms with van der Waals surface area (Å²) in [5.41, 5.74) is -0.236. The largest absolute Gasteiger partial charge is 0.270 e. The number of hydrogen-bond acceptors (Lipinski definition) is 4. The molecule has 2 rings (SSSR count). The summed E-state index contributed by atoms with van der Waals surface area (Å²) >= 11 is 0. The highest BCUT2D eigenvalue weighted by molar-refractivity contribution is 7.92. The fourth-order valence-corrected chi connectivity index (χ4v) is 3.44. The van der Waals surface area contributed by atoms with Gasteiger partial charge in [0.05, 0.1) is 22.1 Å². The topological polar surface area (TPSA) is 80.5 Å². The molecule has 120 valence electrons. The average molecular weight is 336 g/mol. The smallest absolute Gasteiger partial charge is 0.262 e. The highest BCUT2D eigenvalue weighted by Crippen LogP contribution is 2.26. The van der Waals surface area contributed by atoms with E-state index in [1.807, 2.05) is 0 Å². The molecule has 0 aromatic heterocycles. The number of nitro groups is 1. The standard InChI is InChI=1S/C15H13FN2O4S/c1-2-9-17(13-6-3-5-12(16)10-13)23(21,22)15-8-4-7-14(11-15)18(19)20/h2-8,10-11H,1,9H2. The van der Waals surface area contributed by atoms with Crippen LogP contribution in [0, 0.1) is 15.9 Å². The molecule has 2 aromatic carbocycles. The van der Waals surface area contributed by atoms with Crippen molar-refractivity contribution in [2.75, 3.05) is 10.8 Å². The third-order valence-corrected chi connectivity index (χ3v) is 4.80. The van der Waals surface area contributed by atoms with Gasteiger partial charge in [0, 0.05) is 12.1 Å². The first-order chi connectivity index (χ1) is 10.9. The van der Waals surface area contributed by atoms with Crippen LogP contribution in [0.1, 0.15) is 0 Å². The van der Waals surface area contributed by atoms with Crippen molar-refractivity contribution >= 4 is 21.4 Å². The minimum Gasteiger partial charge on any atom is -0.262 e. The fourth-order valence-electron chi connectivity index (χ4n) is 1.98. The predicted octanol–water partition coefficient (Wildman–Crippen LogP) is 3.12. The van der Waals surface area contributed by atoms with E-state index < -0.39 is 20.8 Å². The highest BCUT2D eigenvalue weighted by atomic mass is 32.2. The minimum absolute atomic E-state index is 0.103. The lowest BCUT2D eigenvalue weighted by atomic mass is 10.3. The molecular weight excluding hydrogens is 323 g/mol. The van der Waals surface area contributed by atoms with Gasteiger partial charge < -0.3 is 0 Å². The first-order valence-electron chi connectivity index (χ1n) is 6.50. The lowest BCUT2D eigenvalue weighted by molar-refractivity contribution is -0.385. The Bertz CT molecular complexity index is 852. The number of halogens is 1. The van der Waals surface area contributed by atoms with Gasteiger partial charge in [-0.15, -0.1) is 6.58 Å². The zero-order valence-corrected chi connectivity index (χ0v) is 12.7. The van der Waals surface area contributed by atoms with Crippen molar-refractivity contribution in [2.45, 2.75) is 4.90 Å². The lowest BCUT2D eigenvalue weighted by Crippen LogP contribution is -2.31. The van der Waals surface area contributed by atoms with Crippen molar-refractivity contribution < 1.29 is 17.7 Å². The molecule has 8 heteroatoms. The number of rotatable bonds is 6. The van der Waals surface area contributed by atoms with Crippen LogP contribution >= 0.6 is 0 Å². The van der Waals surface area contributed by atoms with E-state index in [0.717, 1.165) is 16.4 Å². The molecule has 2 aromatic rings. The Morgan fingerprint density at radius 2 is 1.91 bits per heavy atom. The molecule has 0 saturated carbocycles. The molecule has 0 bridgehead atoms. The van der Waals surface area contributed by atoms with E-state index in [9.17, 15) is 22.9 Å². The van der Waals surface area contributed by atoms with Crippen molar-refractivity contribution in [2.24, 2.45) is 0 Å². The van der Waals surface area contributed by atoms with E-state index in [0.29, 0.717) is 0 Å². The summed E-state index contributed by atoms with van der Waals surface area (Å²) in [5, 5.41) is 10.8. The van der Waals surface area contributed by atoms with E-state index in [4.69, 9.17) is 0 Å². The van der Waals surface area contributed by atoms with E-state index in [-0.39, 0.29) is 22.8 Å². The number of anilines is 1. The van der Waals surface area contributed by atoms with E-state index in [2.05, 4.69) is 6.58 Å². The van der Waals surface area contributed by atoms with Gasteiger partial charge in [-0.25, -0.2) is 12.8 Å². The van der Waals surface area contributed by atoms with Gasteiger partial charge in [-0.05, 0) is 24.3 Å². The summed E-state index contributed by atoms with van der Waals surface area (Å²) in [6.45, 7) is 3.39. The third kappa shape index (κ3) is 3.54. The van der Waals surface area contributed by atoms with Gasteiger partial charge in [0.1, 0.15) is 5.82 Å². The van der Waals surface area contributed by atoms with Gasteiger partial charge in [0.15, 0.2) is 0 Å². The molecule has 0 amide bonds. The molecule has 0 aliphatic rings. The Balaban J connectivity index is 2.55. The molecule has 0 radical (unpaired) electrons. The van der Waals surface area contributed by atoms with Crippen LogP contribution in [0.3, 0.4) is 0 Å². The molecule has 0 saturated heterocycles. The SMILES string of the molecule is C=CCN(c1cccc(F)c1)S(=O)(=O)c1cccc([N+](=O)[O-])c1. The van der Waals surface area contributed by atoms with Gasteiger partial charge in [0.2, 0.25) is 0 Å². The first-order valence-corrected chi connectivity index (χ1v) is 7.94. The van der Waals surface area contributed by atoms with Crippen molar-refractivity contribution in [3.05, 3.63) is 77.1 Å². The summed E-state index contributed by atoms with van der Waals surface area (Å²) in [6, 6.07) is 9.75. The summed E-state index contributed by atoms with van der Waals surface area (Å²) in [6.07, 6.45) is 1.35. The number of benzene rings is 2. The van der Waals surface area contributed by atoms with Crippen molar-refractivity contribution in [1.29, 1.82) is 0 Å². The molecule has 0 aliphatic carbocycles. The zero-order valence-electron chi connectivity index (χ0n) is 11.9. The Morgan fingerprint density at radius 1 is 1.22 bits per heavy atom. The number of hydrogen-bond donors (Lipinski definition) is 0. The monoisotopic (exact) mass is 336 g/mol. The van der Waals surface area contributed by atoms with Crippen LogP contribution in [-0.2, 0) is 10.0 Å². The Morgan fingerprint density at radius 3 is 2.52 bits per heavy atom. The predicted molar refractivity (Wildman–Crippen MR) is 84.2 cm³/mol. The highest BCUT2D eigenvalue weighted by Gasteiger charge is 2.25. The van der Waals surface area contributed by atoms with E-state index in [1.165, 1.54) is 42.5 Å². The minimum atomic E-state index is -4.10. The van der Waals surface area contributed by atoms with E-state index >= 15 is 0 Å². The van der Waals surface area contributed by atoms with Gasteiger partial charge in [-0.2, -0.15) is 0 Å². The fraction of sp³-hybridized carbons (Fsp3) is 0.0667. The summed E-state index contributed by atoms with van der Waals surface area (Å²) in [7, 11) is -4.10. The zero-order chi connectivity index (χ0) is 17.0. The van der Waals surface area contributed by atoms with Crippen molar-refractivity contribution in [3.8, 4) is 0 Å². The Kier molecular flexibility index (Phi) is 4.75. The average Bonchev–Trinajstić information content (AvgIpc) is 2.52. The Hall–Kier alpha value is -2.74. The maximum atomic E-state index is 13.4. The van der Waals surface area contributed by atoms with Gasteiger partial charge >= 0.3 is 0 Å². The first kappa shape index (κ1) is 16.6. The number of sulfonamides is 1. The normalized spacial score (nSPS) is 11.0. The molecule has 0 N–H and O–H groups in total. The molecule has 6 nitrogen and oxygen atoms in total. The van der Waals surface area contributed by atoms with Gasteiger partial charge in [-0.3, -0.25) is 14.4 Å². The van der Waals surface area contributed by atoms with Gasteiger partial charge in [-0.1, -0.05) is 18.2 Å².